The molecule has 0 fully saturated rings. The van der Waals surface area contributed by atoms with Gasteiger partial charge in [-0.1, -0.05) is 17.9 Å². The van der Waals surface area contributed by atoms with E-state index in [4.69, 9.17) is 5.11 Å². The highest BCUT2D eigenvalue weighted by Gasteiger charge is 2.10. The van der Waals surface area contributed by atoms with Crippen LogP contribution in [0.4, 0.5) is 0 Å². The summed E-state index contributed by atoms with van der Waals surface area (Å²) in [6.07, 6.45) is 0. The van der Waals surface area contributed by atoms with Gasteiger partial charge in [0.25, 0.3) is 5.91 Å². The third-order valence-corrected chi connectivity index (χ3v) is 4.19. The van der Waals surface area contributed by atoms with Crippen LogP contribution in [0.3, 0.4) is 0 Å². The van der Waals surface area contributed by atoms with Gasteiger partial charge in [-0.3, -0.25) is 4.79 Å². The highest BCUT2D eigenvalue weighted by atomic mass is 32.1. The molecule has 1 heterocycles. The molecule has 0 unspecified atom stereocenters. The summed E-state index contributed by atoms with van der Waals surface area (Å²) < 4.78 is 0. The number of hydrogen-bond donors (Lipinski definition) is 2. The average Bonchev–Trinajstić information content (AvgIpc) is 2.89. The number of carbonyl (C=O) groups excluding carboxylic acids is 1. The van der Waals surface area contributed by atoms with E-state index in [1.807, 2.05) is 37.4 Å². The predicted octanol–water partition coefficient (Wildman–Crippen LogP) is 2.64. The molecule has 1 amide bonds. The number of amides is 1. The van der Waals surface area contributed by atoms with E-state index < -0.39 is 0 Å². The number of hydrogen-bond acceptors (Lipinski definition) is 3. The Morgan fingerprint density at radius 1 is 1.29 bits per heavy atom. The zero-order valence-electron chi connectivity index (χ0n) is 12.1. The molecule has 0 atom stereocenters. The number of aliphatic hydroxyl groups is 1. The third kappa shape index (κ3) is 3.94. The highest BCUT2D eigenvalue weighted by molar-refractivity contribution is 7.10. The minimum atomic E-state index is -0.187. The molecule has 0 bridgehead atoms. The number of benzene rings is 1. The number of aliphatic hydroxyl groups excluding tert-OH is 1. The first-order valence-electron chi connectivity index (χ1n) is 6.63. The monoisotopic (exact) mass is 299 g/mol. The molecule has 0 aliphatic rings. The molecule has 0 saturated carbocycles. The van der Waals surface area contributed by atoms with Crippen molar-refractivity contribution >= 4 is 17.2 Å². The largest absolute Gasteiger partial charge is 0.384 e. The van der Waals surface area contributed by atoms with Crippen molar-refractivity contribution in [3.05, 3.63) is 56.8 Å². The first-order valence-corrected chi connectivity index (χ1v) is 7.51. The normalized spacial score (nSPS) is 9.86. The second-order valence-electron chi connectivity index (χ2n) is 4.70. The summed E-state index contributed by atoms with van der Waals surface area (Å²) in [5.41, 5.74) is 3.45. The van der Waals surface area contributed by atoms with Gasteiger partial charge in [-0.05, 0) is 48.6 Å². The fraction of sp³-hybridized carbons (Fsp3) is 0.235. The van der Waals surface area contributed by atoms with Gasteiger partial charge in [0.05, 0.1) is 6.54 Å². The minimum Gasteiger partial charge on any atom is -0.384 e. The van der Waals surface area contributed by atoms with Crippen LogP contribution in [0.25, 0.3) is 0 Å². The smallest absolute Gasteiger partial charge is 0.251 e. The van der Waals surface area contributed by atoms with Crippen molar-refractivity contribution in [2.45, 2.75) is 20.4 Å². The summed E-state index contributed by atoms with van der Waals surface area (Å²) in [5, 5.41) is 13.7. The second-order valence-corrected chi connectivity index (χ2v) is 5.70. The maximum absolute atomic E-state index is 12.3. The van der Waals surface area contributed by atoms with Gasteiger partial charge in [0, 0.05) is 16.0 Å². The van der Waals surface area contributed by atoms with Gasteiger partial charge in [0.1, 0.15) is 6.61 Å². The first kappa shape index (κ1) is 15.3. The lowest BCUT2D eigenvalue weighted by Crippen LogP contribution is -2.23. The van der Waals surface area contributed by atoms with Crippen LogP contribution in [-0.2, 0) is 6.54 Å². The zero-order chi connectivity index (χ0) is 15.2. The number of aryl methyl sites for hydroxylation is 2. The van der Waals surface area contributed by atoms with E-state index in [0.717, 1.165) is 16.0 Å². The predicted molar refractivity (Wildman–Crippen MR) is 85.4 cm³/mol. The first-order chi connectivity index (χ1) is 10.1. The summed E-state index contributed by atoms with van der Waals surface area (Å²) in [4.78, 5) is 13.5. The van der Waals surface area contributed by atoms with Crippen molar-refractivity contribution in [2.75, 3.05) is 6.61 Å². The van der Waals surface area contributed by atoms with Crippen LogP contribution in [0, 0.1) is 25.7 Å². The molecule has 108 valence electrons. The maximum atomic E-state index is 12.3. The van der Waals surface area contributed by atoms with E-state index in [1.165, 1.54) is 5.56 Å². The molecule has 2 aromatic rings. The Hall–Kier alpha value is -2.09. The van der Waals surface area contributed by atoms with Crippen molar-refractivity contribution in [3.63, 3.8) is 0 Å². The fourth-order valence-corrected chi connectivity index (χ4v) is 2.77. The van der Waals surface area contributed by atoms with Gasteiger partial charge in [-0.2, -0.15) is 0 Å². The molecule has 4 heteroatoms. The van der Waals surface area contributed by atoms with Gasteiger partial charge in [-0.15, -0.1) is 11.3 Å². The zero-order valence-corrected chi connectivity index (χ0v) is 12.9. The molecule has 0 saturated heterocycles. The van der Waals surface area contributed by atoms with Crippen LogP contribution < -0.4 is 5.32 Å². The summed E-state index contributed by atoms with van der Waals surface area (Å²) in [6, 6.07) is 7.52. The molecule has 1 aromatic heterocycles. The van der Waals surface area contributed by atoms with Crippen molar-refractivity contribution < 1.29 is 9.90 Å². The molecule has 0 aliphatic heterocycles. The fourth-order valence-electron chi connectivity index (χ4n) is 1.93. The van der Waals surface area contributed by atoms with Crippen molar-refractivity contribution in [2.24, 2.45) is 0 Å². The molecule has 2 N–H and O–H groups in total. The number of rotatable bonds is 3. The Bertz CT molecular complexity index is 707. The van der Waals surface area contributed by atoms with Crippen LogP contribution in [0.2, 0.25) is 0 Å². The molecule has 0 radical (unpaired) electrons. The van der Waals surface area contributed by atoms with Gasteiger partial charge in [0.2, 0.25) is 0 Å². The highest BCUT2D eigenvalue weighted by Crippen LogP contribution is 2.16. The van der Waals surface area contributed by atoms with E-state index >= 15 is 0 Å². The van der Waals surface area contributed by atoms with Crippen molar-refractivity contribution in [1.82, 2.24) is 5.32 Å². The Balaban J connectivity index is 2.13. The summed E-state index contributed by atoms with van der Waals surface area (Å²) in [7, 11) is 0. The SMILES string of the molecule is Cc1ccc(C#CCO)cc1C(=O)NCc1sccc1C. The van der Waals surface area contributed by atoms with Crippen LogP contribution in [0.5, 0.6) is 0 Å². The van der Waals surface area contributed by atoms with E-state index in [9.17, 15) is 4.79 Å². The number of carbonyl (C=O) groups is 1. The standard InChI is InChI=1S/C17H17NO2S/c1-12-5-6-14(4-3-8-19)10-15(12)17(20)18-11-16-13(2)7-9-21-16/h5-7,9-10,19H,8,11H2,1-2H3,(H,18,20). The molecule has 0 spiro atoms. The van der Waals surface area contributed by atoms with Crippen molar-refractivity contribution in [3.8, 4) is 11.8 Å². The maximum Gasteiger partial charge on any atom is 0.251 e. The van der Waals surface area contributed by atoms with Gasteiger partial charge in [-0.25, -0.2) is 0 Å². The van der Waals surface area contributed by atoms with Crippen molar-refractivity contribution in [1.29, 1.82) is 0 Å². The number of nitrogens with one attached hydrogen (secondary N) is 1. The molecule has 3 nitrogen and oxygen atoms in total. The molecular formula is C17H17NO2S. The van der Waals surface area contributed by atoms with Crippen LogP contribution in [0.15, 0.2) is 29.6 Å². The third-order valence-electron chi connectivity index (χ3n) is 3.17. The molecule has 0 aliphatic carbocycles. The molecular weight excluding hydrogens is 282 g/mol. The Morgan fingerprint density at radius 2 is 2.10 bits per heavy atom. The van der Waals surface area contributed by atoms with Gasteiger partial charge >= 0.3 is 0 Å². The molecule has 21 heavy (non-hydrogen) atoms. The topological polar surface area (TPSA) is 49.3 Å². The van der Waals surface area contributed by atoms with E-state index in [-0.39, 0.29) is 12.5 Å². The lowest BCUT2D eigenvalue weighted by molar-refractivity contribution is 0.0950. The molecule has 1 aromatic carbocycles. The quantitative estimate of drug-likeness (QED) is 0.856. The van der Waals surface area contributed by atoms with E-state index in [0.29, 0.717) is 12.1 Å². The van der Waals surface area contributed by atoms with Crippen LogP contribution in [0.1, 0.15) is 31.9 Å². The summed E-state index contributed by atoms with van der Waals surface area (Å²) >= 11 is 1.64. The summed E-state index contributed by atoms with van der Waals surface area (Å²) in [6.45, 7) is 4.28. The van der Waals surface area contributed by atoms with Crippen LogP contribution in [-0.4, -0.2) is 17.6 Å². The van der Waals surface area contributed by atoms with E-state index in [2.05, 4.69) is 17.2 Å². The van der Waals surface area contributed by atoms with E-state index in [1.54, 1.807) is 17.4 Å². The average molecular weight is 299 g/mol. The summed E-state index contributed by atoms with van der Waals surface area (Å²) in [5.74, 6) is 5.30. The number of thiophene rings is 1. The second kappa shape index (κ2) is 7.07. The lowest BCUT2D eigenvalue weighted by Gasteiger charge is -2.08. The molecule has 2 rings (SSSR count). The minimum absolute atomic E-state index is 0.104. The Kier molecular flexibility index (Phi) is 5.15. The lowest BCUT2D eigenvalue weighted by atomic mass is 10.0. The Morgan fingerprint density at radius 3 is 2.76 bits per heavy atom. The van der Waals surface area contributed by atoms with Gasteiger partial charge < -0.3 is 10.4 Å². The van der Waals surface area contributed by atoms with Crippen LogP contribution >= 0.6 is 11.3 Å². The van der Waals surface area contributed by atoms with Gasteiger partial charge in [0.15, 0.2) is 0 Å². The Labute approximate surface area is 128 Å².